The molecule has 18 aromatic heterocycles. The number of aromatic nitrogens is 22. The molecule has 135 heavy (non-hydrogen) atoms. The number of oxazole rings is 1. The minimum Gasteiger partial charge on any atom is -0.384 e. The van der Waals surface area contributed by atoms with E-state index in [1.165, 1.54) is 150 Å². The van der Waals surface area contributed by atoms with Crippen molar-refractivity contribution in [2.75, 3.05) is 0 Å². The molecule has 23 nitrogen and oxygen atoms in total. The van der Waals surface area contributed by atoms with Gasteiger partial charge in [0.1, 0.15) is 69.8 Å². The molecule has 0 saturated carbocycles. The molecule has 0 fully saturated rings. The van der Waals surface area contributed by atoms with Gasteiger partial charge in [0.2, 0.25) is 0 Å². The Morgan fingerprint density at radius 1 is 0.281 bits per heavy atom. The lowest BCUT2D eigenvalue weighted by atomic mass is 10.1. The predicted molar refractivity (Wildman–Crippen MR) is 560 cm³/mol. The molecule has 690 valence electrons. The van der Waals surface area contributed by atoms with Crippen LogP contribution in [0.5, 0.6) is 0 Å². The molecule has 7 aromatic carbocycles. The average Bonchev–Trinajstić information content (AvgIpc) is 1.61. The van der Waals surface area contributed by atoms with Crippen LogP contribution in [0.2, 0.25) is 0 Å². The molecular weight excluding hydrogens is 1670 g/mol. The molecule has 0 saturated heterocycles. The zero-order chi connectivity index (χ0) is 90.8. The second kappa shape index (κ2) is 37.5. The van der Waals surface area contributed by atoms with Gasteiger partial charge < -0.3 is 36.1 Å². The first-order valence-electron chi connectivity index (χ1n) is 44.1. The lowest BCUT2D eigenvalue weighted by Crippen LogP contribution is -2.31. The van der Waals surface area contributed by atoms with Crippen LogP contribution in [0, 0.1) is 104 Å². The summed E-state index contributed by atoms with van der Waals surface area (Å²) in [5.74, 6) is 7.24. The fourth-order valence-corrected chi connectivity index (χ4v) is 19.4. The van der Waals surface area contributed by atoms with Crippen LogP contribution in [0.4, 0.5) is 0 Å². The number of para-hydroxylation sites is 7. The third-order valence-corrected chi connectivity index (χ3v) is 26.1. The smallest absolute Gasteiger partial charge is 0.345 e. The Hall–Kier alpha value is -15.7. The molecule has 0 amide bonds. The van der Waals surface area contributed by atoms with E-state index >= 15 is 0 Å². The van der Waals surface area contributed by atoms with Gasteiger partial charge in [0.05, 0.1) is 81.2 Å². The fourth-order valence-electron chi connectivity index (χ4n) is 19.4. The Balaban J connectivity index is 0.000000126. The highest BCUT2D eigenvalue weighted by atomic mass is 16.4. The molecule has 25 rings (SSSR count). The zero-order valence-corrected chi connectivity index (χ0v) is 78.0. The number of imidazole rings is 8. The normalized spacial score (nSPS) is 11.2. The number of benzene rings is 7. The van der Waals surface area contributed by atoms with Gasteiger partial charge in [-0.1, -0.05) is 183 Å². The maximum atomic E-state index is 5.74. The zero-order valence-electron chi connectivity index (χ0n) is 78.0. The Bertz CT molecular complexity index is 8360. The summed E-state index contributed by atoms with van der Waals surface area (Å²) in [7, 11) is 14.5. The first kappa shape index (κ1) is 95.4. The van der Waals surface area contributed by atoms with Crippen LogP contribution in [0.1, 0.15) is 122 Å². The van der Waals surface area contributed by atoms with E-state index in [2.05, 4.69) is 382 Å². The van der Waals surface area contributed by atoms with E-state index in [1.54, 1.807) is 0 Å². The van der Waals surface area contributed by atoms with Crippen LogP contribution in [0.3, 0.4) is 0 Å². The maximum Gasteiger partial charge on any atom is 0.345 e. The topological polar surface area (TPSA) is 173 Å². The average molecular weight is 1800 g/mol. The monoisotopic (exact) mass is 1800 g/mol. The van der Waals surface area contributed by atoms with Gasteiger partial charge in [-0.3, -0.25) is 22.5 Å². The second-order valence-corrected chi connectivity index (χ2v) is 34.3. The van der Waals surface area contributed by atoms with Crippen molar-refractivity contribution < 1.29 is 13.6 Å². The summed E-state index contributed by atoms with van der Waals surface area (Å²) in [5, 5.41) is 3.76. The Morgan fingerprint density at radius 3 is 1.30 bits per heavy atom. The number of nitrogens with zero attached hydrogens (tertiary/aromatic N) is 22. The van der Waals surface area contributed by atoms with Crippen LogP contribution in [-0.4, -0.2) is 93.6 Å². The van der Waals surface area contributed by atoms with E-state index in [4.69, 9.17) is 19.4 Å². The van der Waals surface area contributed by atoms with Gasteiger partial charge in [0, 0.05) is 83.9 Å². The van der Waals surface area contributed by atoms with Crippen LogP contribution < -0.4 is 9.13 Å². The minimum atomic E-state index is 0. The highest BCUT2D eigenvalue weighted by Crippen LogP contribution is 2.36. The molecule has 0 N–H and O–H groups in total. The Kier molecular flexibility index (Phi) is 26.5. The summed E-state index contributed by atoms with van der Waals surface area (Å²) >= 11 is 0. The number of fused-ring (bicyclic) bond motifs is 21. The number of pyridine rings is 4. The summed E-state index contributed by atoms with van der Waals surface area (Å²) < 4.78 is 38.4. The third kappa shape index (κ3) is 15.9. The molecule has 0 atom stereocenters. The first-order valence-corrected chi connectivity index (χ1v) is 44.1. The molecule has 18 heterocycles. The van der Waals surface area contributed by atoms with Crippen molar-refractivity contribution in [2.45, 2.75) is 141 Å². The molecule has 0 unspecified atom stereocenters. The van der Waals surface area contributed by atoms with Crippen molar-refractivity contribution in [3.63, 3.8) is 0 Å². The molecule has 25 aromatic rings. The number of hydrogen-bond acceptors (Lipinski definition) is 8. The molecular formula is C112H128N22O+2. The lowest BCUT2D eigenvalue weighted by Gasteiger charge is -2.13. The quantitative estimate of drug-likeness (QED) is 0.157. The summed E-state index contributed by atoms with van der Waals surface area (Å²) in [6, 6.07) is 75.4. The number of hydrogen-bond donors (Lipinski definition) is 0. The number of rotatable bonds is 4. The van der Waals surface area contributed by atoms with Crippen LogP contribution in [0.25, 0.3) is 156 Å². The largest absolute Gasteiger partial charge is 0.384 e. The van der Waals surface area contributed by atoms with E-state index in [0.29, 0.717) is 0 Å². The summed E-state index contributed by atoms with van der Waals surface area (Å²) in [6.45, 7) is 31.6. The van der Waals surface area contributed by atoms with E-state index in [9.17, 15) is 0 Å². The summed E-state index contributed by atoms with van der Waals surface area (Å²) in [5.41, 5.74) is 38.1. The molecule has 23 heteroatoms. The standard InChI is InChI=1S/C19H20N3.C18H17N3.2C17H16N4.2C12H13N3.C12H13N2O.5CH4/c1-13-8-7-9-14(2)18(13)22-15(3)20(4)19-16-10-5-6-11-21(16)12-17(19)22;1-12-7-6-8-13(2)17(12)21-14(3)19-15-11-20-10-5-4-9-16(20)18(15)21;1-11-7-6-8-12(2)15(11)21-13(3)18-16-17(21)19-14-9-4-5-10-20(14)16;1-11-7-6-8-12(2)15(11)21-13(3)18-16-17(21)20-10-5-4-9-14(20)19-16;1-8-13-12-11(14(8)2)9-6-4-5-7-10(9)15(12)3;1-8-13-11-9-6-4-5-7-10(9)15(3)12(11)14(8)2;1-8-13(2)11-9-6-4-5-7-10(9)14(3)12(11)15-8;;;;;/h5-12H,1-4H3;4-11H,1-3H3;2*4-10H,1-3H3;3*4-7H,1-3H3;5*1H4/q+1;;;;;;+1;;;;;. The van der Waals surface area contributed by atoms with Gasteiger partial charge in [-0.05, 0) is 207 Å². The Morgan fingerprint density at radius 2 is 0.719 bits per heavy atom. The van der Waals surface area contributed by atoms with Crippen LogP contribution in [0.15, 0.2) is 260 Å². The highest BCUT2D eigenvalue weighted by Gasteiger charge is 2.29. The third-order valence-electron chi connectivity index (χ3n) is 26.1. The van der Waals surface area contributed by atoms with E-state index in [0.717, 1.165) is 91.3 Å². The van der Waals surface area contributed by atoms with Crippen LogP contribution >= 0.6 is 0 Å². The van der Waals surface area contributed by atoms with Gasteiger partial charge >= 0.3 is 5.89 Å². The van der Waals surface area contributed by atoms with Gasteiger partial charge in [-0.15, -0.1) is 0 Å². The van der Waals surface area contributed by atoms with Crippen LogP contribution in [-0.2, 0) is 49.3 Å². The molecule has 0 bridgehead atoms. The van der Waals surface area contributed by atoms with Crippen molar-refractivity contribution in [1.82, 2.24) is 93.6 Å². The molecule has 0 aliphatic heterocycles. The van der Waals surface area contributed by atoms with Crippen molar-refractivity contribution in [3.05, 3.63) is 341 Å². The van der Waals surface area contributed by atoms with Gasteiger partial charge in [0.25, 0.3) is 17.1 Å². The van der Waals surface area contributed by atoms with Gasteiger partial charge in [-0.25, -0.2) is 39.5 Å². The fraction of sp³-hybridized carbons (Fsp3) is 0.241. The highest BCUT2D eigenvalue weighted by molar-refractivity contribution is 6.06. The molecule has 0 aliphatic rings. The minimum absolute atomic E-state index is 0. The first-order chi connectivity index (χ1) is 62.7. The van der Waals surface area contributed by atoms with E-state index in [-0.39, 0.29) is 37.1 Å². The van der Waals surface area contributed by atoms with Crippen molar-refractivity contribution in [2.24, 2.45) is 49.3 Å². The van der Waals surface area contributed by atoms with E-state index < -0.39 is 0 Å². The van der Waals surface area contributed by atoms with Crippen molar-refractivity contribution in [3.8, 4) is 22.7 Å². The Labute approximate surface area is 789 Å². The lowest BCUT2D eigenvalue weighted by molar-refractivity contribution is -0.656. The van der Waals surface area contributed by atoms with Gasteiger partial charge in [0.15, 0.2) is 39.3 Å². The predicted octanol–water partition coefficient (Wildman–Crippen LogP) is 25.0. The maximum absolute atomic E-state index is 5.74. The van der Waals surface area contributed by atoms with Gasteiger partial charge in [-0.2, -0.15) is 9.13 Å². The molecule has 0 aliphatic carbocycles. The molecule has 0 spiro atoms. The SMILES string of the molecule is C.C.C.C.C.Cc1cccc(C)c1-n1c(C)[n+](C)c2c1cn1ccccc21.Cc1cccc(C)c1-n1c(C)nc2c1nc1ccccn12.Cc1cccc(C)c1-n1c(C)nc2cn3ccccc3c21.Cc1cccc(C)c1-n1c(C)nc2nc3ccccn3c21.Cc1nc2c(c3ccccc3n2C)n1C.Cc1nc2c3ccccc3n(C)c2n1C.Cc1oc2c(c3ccccc3n2C)[n+]1C. The summed E-state index contributed by atoms with van der Waals surface area (Å²) in [4.78, 5) is 32.7. The van der Waals surface area contributed by atoms with Crippen molar-refractivity contribution in [1.29, 1.82) is 0 Å². The molecule has 0 radical (unpaired) electrons. The van der Waals surface area contributed by atoms with Crippen molar-refractivity contribution >= 4 is 133 Å². The second-order valence-electron chi connectivity index (χ2n) is 34.3. The van der Waals surface area contributed by atoms with E-state index in [1.807, 2.05) is 114 Å². The number of aryl methyl sites for hydroxylation is 21. The summed E-state index contributed by atoms with van der Waals surface area (Å²) in [6.07, 6.45) is 12.6.